The van der Waals surface area contributed by atoms with Crippen LogP contribution in [0.2, 0.25) is 0 Å². The molecular weight excluding hydrogens is 252 g/mol. The lowest BCUT2D eigenvalue weighted by Crippen LogP contribution is -2.42. The zero-order valence-electron chi connectivity index (χ0n) is 12.7. The van der Waals surface area contributed by atoms with Crippen molar-refractivity contribution in [2.75, 3.05) is 13.1 Å². The van der Waals surface area contributed by atoms with Gasteiger partial charge in [0.05, 0.1) is 0 Å². The molecule has 0 spiro atoms. The summed E-state index contributed by atoms with van der Waals surface area (Å²) >= 11 is 0. The van der Waals surface area contributed by atoms with Crippen molar-refractivity contribution in [1.29, 1.82) is 0 Å². The maximum absolute atomic E-state index is 12.1. The van der Waals surface area contributed by atoms with Gasteiger partial charge in [-0.05, 0) is 31.6 Å². The molecule has 1 aliphatic carbocycles. The van der Waals surface area contributed by atoms with E-state index in [-0.39, 0.29) is 18.2 Å². The highest BCUT2D eigenvalue weighted by Gasteiger charge is 2.23. The number of hydrogen-bond acceptors (Lipinski definition) is 2. The van der Waals surface area contributed by atoms with Crippen molar-refractivity contribution in [3.63, 3.8) is 0 Å². The summed E-state index contributed by atoms with van der Waals surface area (Å²) in [5.74, 6) is 0.627. The summed E-state index contributed by atoms with van der Waals surface area (Å²) in [6.45, 7) is 3.86. The lowest BCUT2D eigenvalue weighted by atomic mass is 9.99. The van der Waals surface area contributed by atoms with Crippen LogP contribution in [0.1, 0.15) is 64.7 Å². The monoisotopic (exact) mass is 280 g/mol. The van der Waals surface area contributed by atoms with Gasteiger partial charge in [0, 0.05) is 19.1 Å². The average molecular weight is 280 g/mol. The first kappa shape index (κ1) is 15.3. The molecule has 0 radical (unpaired) electrons. The molecule has 114 valence electrons. The Bertz CT molecular complexity index is 327. The van der Waals surface area contributed by atoms with E-state index in [1.54, 1.807) is 0 Å². The van der Waals surface area contributed by atoms with Crippen molar-refractivity contribution in [1.82, 2.24) is 10.2 Å². The van der Waals surface area contributed by atoms with Crippen molar-refractivity contribution in [2.45, 2.75) is 70.8 Å². The molecule has 2 fully saturated rings. The Morgan fingerprint density at radius 2 is 1.60 bits per heavy atom. The molecule has 0 aromatic rings. The molecule has 0 aromatic carbocycles. The first-order valence-electron chi connectivity index (χ1n) is 8.22. The van der Waals surface area contributed by atoms with Crippen LogP contribution in [0.3, 0.4) is 0 Å². The minimum atomic E-state index is -0.0829. The van der Waals surface area contributed by atoms with E-state index in [4.69, 9.17) is 0 Å². The molecule has 0 atom stereocenters. The summed E-state index contributed by atoms with van der Waals surface area (Å²) < 4.78 is 0. The van der Waals surface area contributed by atoms with Gasteiger partial charge in [-0.1, -0.05) is 32.6 Å². The molecule has 1 heterocycles. The number of nitrogens with zero attached hydrogens (tertiary/aromatic N) is 1. The van der Waals surface area contributed by atoms with Crippen LogP contribution in [0.15, 0.2) is 0 Å². The van der Waals surface area contributed by atoms with E-state index in [0.717, 1.165) is 38.8 Å². The number of carbonyl (C=O) groups excluding carboxylic acids is 2. The van der Waals surface area contributed by atoms with Crippen molar-refractivity contribution in [3.05, 3.63) is 0 Å². The fourth-order valence-electron chi connectivity index (χ4n) is 3.21. The third-order valence-electron chi connectivity index (χ3n) is 4.67. The molecular formula is C16H28N2O2. The summed E-state index contributed by atoms with van der Waals surface area (Å²) in [4.78, 5) is 25.9. The first-order valence-corrected chi connectivity index (χ1v) is 8.22. The van der Waals surface area contributed by atoms with Gasteiger partial charge in [0.2, 0.25) is 11.8 Å². The highest BCUT2D eigenvalue weighted by molar-refractivity contribution is 5.97. The predicted octanol–water partition coefficient (Wildman–Crippen LogP) is 2.47. The molecule has 1 N–H and O–H groups in total. The van der Waals surface area contributed by atoms with Crippen molar-refractivity contribution >= 4 is 11.8 Å². The van der Waals surface area contributed by atoms with Gasteiger partial charge in [-0.3, -0.25) is 9.59 Å². The van der Waals surface area contributed by atoms with E-state index in [0.29, 0.717) is 12.0 Å². The van der Waals surface area contributed by atoms with Gasteiger partial charge in [-0.25, -0.2) is 0 Å². The highest BCUT2D eigenvalue weighted by atomic mass is 16.2. The molecule has 0 unspecified atom stereocenters. The molecule has 2 aliphatic rings. The fourth-order valence-corrected chi connectivity index (χ4v) is 3.21. The molecule has 0 aromatic heterocycles. The van der Waals surface area contributed by atoms with Crippen molar-refractivity contribution in [2.24, 2.45) is 5.92 Å². The second-order valence-electron chi connectivity index (χ2n) is 6.50. The Morgan fingerprint density at radius 1 is 1.00 bits per heavy atom. The van der Waals surface area contributed by atoms with E-state index < -0.39 is 0 Å². The number of hydrogen-bond donors (Lipinski definition) is 1. The van der Waals surface area contributed by atoms with Crippen LogP contribution >= 0.6 is 0 Å². The fraction of sp³-hybridized carbons (Fsp3) is 0.875. The van der Waals surface area contributed by atoms with E-state index in [1.807, 2.05) is 4.90 Å². The van der Waals surface area contributed by atoms with Crippen LogP contribution in [-0.4, -0.2) is 35.8 Å². The second kappa shape index (κ2) is 7.65. The maximum Gasteiger partial charge on any atom is 0.232 e. The van der Waals surface area contributed by atoms with Gasteiger partial charge in [0.15, 0.2) is 0 Å². The van der Waals surface area contributed by atoms with E-state index in [1.165, 1.54) is 25.7 Å². The van der Waals surface area contributed by atoms with Crippen LogP contribution in [0.5, 0.6) is 0 Å². The highest BCUT2D eigenvalue weighted by Crippen LogP contribution is 2.18. The largest absolute Gasteiger partial charge is 0.353 e. The third-order valence-corrected chi connectivity index (χ3v) is 4.67. The van der Waals surface area contributed by atoms with Crippen LogP contribution in [0, 0.1) is 5.92 Å². The Balaban J connectivity index is 1.71. The Morgan fingerprint density at radius 3 is 2.20 bits per heavy atom. The third kappa shape index (κ3) is 4.80. The molecule has 2 rings (SSSR count). The minimum Gasteiger partial charge on any atom is -0.353 e. The smallest absolute Gasteiger partial charge is 0.232 e. The van der Waals surface area contributed by atoms with Gasteiger partial charge in [-0.15, -0.1) is 0 Å². The first-order chi connectivity index (χ1) is 9.65. The second-order valence-corrected chi connectivity index (χ2v) is 6.50. The quantitative estimate of drug-likeness (QED) is 0.638. The zero-order chi connectivity index (χ0) is 14.4. The molecule has 1 aliphatic heterocycles. The van der Waals surface area contributed by atoms with Crippen molar-refractivity contribution in [3.8, 4) is 0 Å². The van der Waals surface area contributed by atoms with Crippen molar-refractivity contribution < 1.29 is 9.59 Å². The number of rotatable bonds is 3. The molecule has 1 saturated carbocycles. The SMILES string of the molecule is CC1CCN(C(=O)CC(=O)NC2CCCCCC2)CC1. The Labute approximate surface area is 122 Å². The summed E-state index contributed by atoms with van der Waals surface area (Å²) in [6.07, 6.45) is 9.25. The van der Waals surface area contributed by atoms with Crippen LogP contribution in [0.25, 0.3) is 0 Å². The number of piperidine rings is 1. The number of amides is 2. The predicted molar refractivity (Wildman–Crippen MR) is 79.2 cm³/mol. The topological polar surface area (TPSA) is 49.4 Å². The molecule has 20 heavy (non-hydrogen) atoms. The van der Waals surface area contributed by atoms with E-state index in [2.05, 4.69) is 12.2 Å². The number of carbonyl (C=O) groups is 2. The minimum absolute atomic E-state index is 0.00280. The summed E-state index contributed by atoms with van der Waals surface area (Å²) in [5, 5.41) is 3.05. The molecule has 1 saturated heterocycles. The lowest BCUT2D eigenvalue weighted by molar-refractivity contribution is -0.137. The maximum atomic E-state index is 12.1. The standard InChI is InChI=1S/C16H28N2O2/c1-13-8-10-18(11-9-13)16(20)12-15(19)17-14-6-4-2-3-5-7-14/h13-14H,2-12H2,1H3,(H,17,19). The van der Waals surface area contributed by atoms with Crippen LogP contribution in [-0.2, 0) is 9.59 Å². The molecule has 4 heteroatoms. The Hall–Kier alpha value is -1.06. The number of likely N-dealkylation sites (tertiary alicyclic amines) is 1. The molecule has 2 amide bonds. The molecule has 4 nitrogen and oxygen atoms in total. The lowest BCUT2D eigenvalue weighted by Gasteiger charge is -2.30. The number of nitrogens with one attached hydrogen (secondary N) is 1. The van der Waals surface area contributed by atoms with Gasteiger partial charge < -0.3 is 10.2 Å². The average Bonchev–Trinajstić information content (AvgIpc) is 2.68. The zero-order valence-corrected chi connectivity index (χ0v) is 12.7. The summed E-state index contributed by atoms with van der Waals surface area (Å²) in [7, 11) is 0. The van der Waals surface area contributed by atoms with Gasteiger partial charge in [0.1, 0.15) is 6.42 Å². The van der Waals surface area contributed by atoms with Gasteiger partial charge in [-0.2, -0.15) is 0 Å². The van der Waals surface area contributed by atoms with Crippen LogP contribution < -0.4 is 5.32 Å². The van der Waals surface area contributed by atoms with E-state index >= 15 is 0 Å². The molecule has 0 bridgehead atoms. The van der Waals surface area contributed by atoms with Gasteiger partial charge in [0.25, 0.3) is 0 Å². The normalized spacial score (nSPS) is 22.4. The van der Waals surface area contributed by atoms with E-state index in [9.17, 15) is 9.59 Å². The summed E-state index contributed by atoms with van der Waals surface area (Å²) in [6, 6.07) is 0.291. The van der Waals surface area contributed by atoms with Crippen LogP contribution in [0.4, 0.5) is 0 Å². The van der Waals surface area contributed by atoms with Gasteiger partial charge >= 0.3 is 0 Å². The Kier molecular flexibility index (Phi) is 5.86. The summed E-state index contributed by atoms with van der Waals surface area (Å²) in [5.41, 5.74) is 0.